The monoisotopic (exact) mass is 463 g/mol. The van der Waals surface area contributed by atoms with E-state index in [4.69, 9.17) is 14.5 Å². The Kier molecular flexibility index (Phi) is 9.93. The van der Waals surface area contributed by atoms with Crippen molar-refractivity contribution in [1.82, 2.24) is 5.32 Å². The first-order chi connectivity index (χ1) is 14.1. The second-order valence-corrected chi connectivity index (χ2v) is 10.9. The highest BCUT2D eigenvalue weighted by Crippen LogP contribution is 2.38. The summed E-state index contributed by atoms with van der Waals surface area (Å²) in [6, 6.07) is 9.34. The number of benzene rings is 1. The first-order valence-corrected chi connectivity index (χ1v) is 13.3. The minimum Gasteiger partial charge on any atom is -0.367 e. The third-order valence-electron chi connectivity index (χ3n) is 4.82. The van der Waals surface area contributed by atoms with Gasteiger partial charge in [0.1, 0.15) is 6.61 Å². The normalized spacial score (nSPS) is 16.5. The summed E-state index contributed by atoms with van der Waals surface area (Å²) in [7, 11) is -8.40. The minimum absolute atomic E-state index is 0.00625. The number of sulfone groups is 1. The van der Waals surface area contributed by atoms with Gasteiger partial charge in [0.2, 0.25) is 5.91 Å². The van der Waals surface area contributed by atoms with Gasteiger partial charge in [-0.25, -0.2) is 13.0 Å². The second-order valence-electron chi connectivity index (χ2n) is 7.56. The zero-order valence-corrected chi connectivity index (χ0v) is 18.5. The summed E-state index contributed by atoms with van der Waals surface area (Å²) in [6.45, 7) is 0.105. The summed E-state index contributed by atoms with van der Waals surface area (Å²) >= 11 is 0. The Bertz CT molecular complexity index is 805. The molecule has 1 atom stereocenters. The molecule has 1 amide bonds. The van der Waals surface area contributed by atoms with Gasteiger partial charge in [0.05, 0.1) is 24.2 Å². The van der Waals surface area contributed by atoms with Crippen molar-refractivity contribution in [2.75, 3.05) is 24.7 Å². The van der Waals surface area contributed by atoms with E-state index in [0.29, 0.717) is 0 Å². The van der Waals surface area contributed by atoms with Crippen LogP contribution in [-0.2, 0) is 35.1 Å². The average molecular weight is 463 g/mol. The van der Waals surface area contributed by atoms with Crippen LogP contribution < -0.4 is 5.32 Å². The van der Waals surface area contributed by atoms with Crippen LogP contribution in [0.4, 0.5) is 0 Å². The van der Waals surface area contributed by atoms with Gasteiger partial charge in [-0.1, -0.05) is 43.2 Å². The summed E-state index contributed by atoms with van der Waals surface area (Å²) in [5.41, 5.74) is 0.924. The molecule has 1 aromatic rings. The average Bonchev–Trinajstić information content (AvgIpc) is 3.13. The molecule has 0 bridgehead atoms. The molecule has 0 saturated heterocycles. The van der Waals surface area contributed by atoms with Crippen molar-refractivity contribution in [3.05, 3.63) is 35.9 Å². The zero-order chi connectivity index (χ0) is 22.0. The Morgan fingerprint density at radius 3 is 2.50 bits per heavy atom. The molecule has 0 radical (unpaired) electrons. The van der Waals surface area contributed by atoms with E-state index >= 15 is 0 Å². The predicted octanol–water partition coefficient (Wildman–Crippen LogP) is 1.79. The summed E-state index contributed by atoms with van der Waals surface area (Å²) in [4.78, 5) is 30.0. The number of nitrogens with one attached hydrogen (secondary N) is 1. The lowest BCUT2D eigenvalue weighted by atomic mass is 10.1. The highest BCUT2D eigenvalue weighted by Gasteiger charge is 2.29. The maximum absolute atomic E-state index is 12.4. The standard InChI is InChI=1S/C19H30NO8PS/c21-19(13-27-12-16-6-2-1-3-7-16)20-11-10-18(28-29(22,23)24)15-30(25,26)14-17-8-4-5-9-17/h1-3,6-7,17-18H,4-5,8-15H2,(H,20,21)(H2,22,23,24). The molecule has 11 heteroatoms. The molecule has 30 heavy (non-hydrogen) atoms. The van der Waals surface area contributed by atoms with E-state index in [-0.39, 0.29) is 37.9 Å². The Labute approximate surface area is 177 Å². The van der Waals surface area contributed by atoms with Gasteiger partial charge >= 0.3 is 7.82 Å². The number of carbonyl (C=O) groups is 1. The number of hydrogen-bond donors (Lipinski definition) is 3. The summed E-state index contributed by atoms with van der Waals surface area (Å²) in [5.74, 6) is -0.815. The number of phosphoric ester groups is 1. The van der Waals surface area contributed by atoms with E-state index in [9.17, 15) is 17.8 Å². The molecule has 0 heterocycles. The van der Waals surface area contributed by atoms with E-state index in [1.807, 2.05) is 30.3 Å². The van der Waals surface area contributed by atoms with Crippen molar-refractivity contribution in [2.24, 2.45) is 5.92 Å². The fraction of sp³-hybridized carbons (Fsp3) is 0.632. The quantitative estimate of drug-likeness (QED) is 0.376. The maximum atomic E-state index is 12.4. The fourth-order valence-corrected chi connectivity index (χ4v) is 6.17. The van der Waals surface area contributed by atoms with E-state index in [0.717, 1.165) is 31.2 Å². The fourth-order valence-electron chi connectivity index (χ4n) is 3.51. The Morgan fingerprint density at radius 1 is 1.20 bits per heavy atom. The van der Waals surface area contributed by atoms with Gasteiger partial charge in [0.15, 0.2) is 9.84 Å². The molecule has 9 nitrogen and oxygen atoms in total. The van der Waals surface area contributed by atoms with Crippen molar-refractivity contribution >= 4 is 23.6 Å². The maximum Gasteiger partial charge on any atom is 0.469 e. The lowest BCUT2D eigenvalue weighted by molar-refractivity contribution is -0.126. The SMILES string of the molecule is O=C(COCc1ccccc1)NCCC(CS(=O)(=O)CC1CCCC1)OP(=O)(O)O. The number of ether oxygens (including phenoxy) is 1. The second kappa shape index (κ2) is 11.9. The van der Waals surface area contributed by atoms with Gasteiger partial charge < -0.3 is 19.8 Å². The van der Waals surface area contributed by atoms with Crippen LogP contribution in [0.1, 0.15) is 37.7 Å². The lowest BCUT2D eigenvalue weighted by Crippen LogP contribution is -2.33. The molecule has 0 spiro atoms. The van der Waals surface area contributed by atoms with E-state index < -0.39 is 35.4 Å². The minimum atomic E-state index is -4.86. The van der Waals surface area contributed by atoms with Crippen molar-refractivity contribution in [2.45, 2.75) is 44.8 Å². The van der Waals surface area contributed by atoms with Crippen molar-refractivity contribution < 1.29 is 36.8 Å². The molecule has 1 saturated carbocycles. The Balaban J connectivity index is 1.76. The summed E-state index contributed by atoms with van der Waals surface area (Å²) < 4.78 is 46.0. The van der Waals surface area contributed by atoms with E-state index in [1.165, 1.54) is 0 Å². The molecule has 1 aromatic carbocycles. The number of phosphoric acid groups is 1. The molecule has 1 aliphatic rings. The molecule has 170 valence electrons. The first-order valence-electron chi connectivity index (χ1n) is 9.96. The Hall–Kier alpha value is -1.29. The topological polar surface area (TPSA) is 139 Å². The van der Waals surface area contributed by atoms with Crippen LogP contribution in [0.2, 0.25) is 0 Å². The van der Waals surface area contributed by atoms with E-state index in [2.05, 4.69) is 9.84 Å². The van der Waals surface area contributed by atoms with Gasteiger partial charge in [-0.15, -0.1) is 0 Å². The highest BCUT2D eigenvalue weighted by atomic mass is 32.2. The third-order valence-corrected chi connectivity index (χ3v) is 7.26. The molecule has 1 aliphatic carbocycles. The van der Waals surface area contributed by atoms with Crippen LogP contribution >= 0.6 is 7.82 Å². The molecular weight excluding hydrogens is 433 g/mol. The van der Waals surface area contributed by atoms with Crippen molar-refractivity contribution in [3.8, 4) is 0 Å². The van der Waals surface area contributed by atoms with Gasteiger partial charge in [-0.3, -0.25) is 9.32 Å². The molecule has 0 aliphatic heterocycles. The van der Waals surface area contributed by atoms with Crippen molar-refractivity contribution in [1.29, 1.82) is 0 Å². The number of hydrogen-bond acceptors (Lipinski definition) is 6. The summed E-state index contributed by atoms with van der Waals surface area (Å²) in [5, 5.41) is 2.55. The van der Waals surface area contributed by atoms with Crippen LogP contribution in [0.3, 0.4) is 0 Å². The van der Waals surface area contributed by atoms with E-state index in [1.54, 1.807) is 0 Å². The molecule has 0 aromatic heterocycles. The first kappa shape index (κ1) is 25.0. The largest absolute Gasteiger partial charge is 0.469 e. The smallest absolute Gasteiger partial charge is 0.367 e. The van der Waals surface area contributed by atoms with Crippen LogP contribution in [0.5, 0.6) is 0 Å². The molecule has 3 N–H and O–H groups in total. The molecule has 1 fully saturated rings. The third kappa shape index (κ3) is 10.7. The van der Waals surface area contributed by atoms with Gasteiger partial charge in [-0.2, -0.15) is 0 Å². The number of amides is 1. The predicted molar refractivity (Wildman–Crippen MR) is 111 cm³/mol. The lowest BCUT2D eigenvalue weighted by Gasteiger charge is -2.19. The Morgan fingerprint density at radius 2 is 1.87 bits per heavy atom. The highest BCUT2D eigenvalue weighted by molar-refractivity contribution is 7.91. The van der Waals surface area contributed by atoms with Gasteiger partial charge in [-0.05, 0) is 30.7 Å². The van der Waals surface area contributed by atoms with Crippen LogP contribution in [0.25, 0.3) is 0 Å². The number of carbonyl (C=O) groups excluding carboxylic acids is 1. The van der Waals surface area contributed by atoms with Gasteiger partial charge in [0.25, 0.3) is 0 Å². The molecule has 2 rings (SSSR count). The van der Waals surface area contributed by atoms with Crippen molar-refractivity contribution in [3.63, 3.8) is 0 Å². The van der Waals surface area contributed by atoms with Crippen LogP contribution in [-0.4, -0.2) is 54.9 Å². The molecule has 1 unspecified atom stereocenters. The van der Waals surface area contributed by atoms with Gasteiger partial charge in [0, 0.05) is 6.54 Å². The summed E-state index contributed by atoms with van der Waals surface area (Å²) in [6.07, 6.45) is 2.45. The molecular formula is C19H30NO8PS. The zero-order valence-electron chi connectivity index (χ0n) is 16.8. The number of rotatable bonds is 13. The van der Waals surface area contributed by atoms with Crippen LogP contribution in [0.15, 0.2) is 30.3 Å². The van der Waals surface area contributed by atoms with Crippen LogP contribution in [0, 0.1) is 5.92 Å².